The summed E-state index contributed by atoms with van der Waals surface area (Å²) in [5.41, 5.74) is 3.97. The highest BCUT2D eigenvalue weighted by Gasteiger charge is 2.44. The normalized spacial score (nSPS) is 35.3. The summed E-state index contributed by atoms with van der Waals surface area (Å²) < 4.78 is 0. The predicted molar refractivity (Wildman–Crippen MR) is 76.5 cm³/mol. The average molecular weight is 248 g/mol. The molecule has 0 bridgehead atoms. The molecule has 0 radical (unpaired) electrons. The van der Waals surface area contributed by atoms with Crippen LogP contribution in [0.5, 0.6) is 0 Å². The Kier molecular flexibility index (Phi) is 3.46. The fourth-order valence-corrected chi connectivity index (χ4v) is 4.46. The molecule has 0 spiro atoms. The molecule has 0 saturated carbocycles. The molecule has 0 saturated heterocycles. The molecule has 0 fully saturated rings. The van der Waals surface area contributed by atoms with E-state index in [1.807, 2.05) is 0 Å². The van der Waals surface area contributed by atoms with Crippen molar-refractivity contribution in [2.24, 2.45) is 16.7 Å². The van der Waals surface area contributed by atoms with E-state index in [1.54, 1.807) is 18.1 Å². The minimum absolute atomic E-state index is 0.194. The third-order valence-corrected chi connectivity index (χ3v) is 5.52. The number of allylic oxidation sites excluding steroid dienone is 2. The summed E-state index contributed by atoms with van der Waals surface area (Å²) >= 11 is 0. The van der Waals surface area contributed by atoms with Gasteiger partial charge in [-0.25, -0.2) is 0 Å². The zero-order valence-corrected chi connectivity index (χ0v) is 12.7. The first kappa shape index (κ1) is 13.8. The summed E-state index contributed by atoms with van der Waals surface area (Å²) in [4.78, 5) is 11.6. The molecule has 0 aromatic carbocycles. The molecule has 0 aromatic rings. The van der Waals surface area contributed by atoms with Gasteiger partial charge < -0.3 is 4.79 Å². The van der Waals surface area contributed by atoms with E-state index in [0.29, 0.717) is 17.1 Å². The zero-order chi connectivity index (χ0) is 13.6. The second kappa shape index (κ2) is 4.51. The molecule has 1 nitrogen and oxygen atoms in total. The Balaban J connectivity index is 2.36. The SMILES string of the molecule is CC(=O)C[C@@]1(C)CCC2=C([C@H]1C)C(C)(C)CCC2. The first-order valence-corrected chi connectivity index (χ1v) is 7.48. The van der Waals surface area contributed by atoms with Crippen LogP contribution in [0.3, 0.4) is 0 Å². The van der Waals surface area contributed by atoms with Gasteiger partial charge in [-0.2, -0.15) is 0 Å². The van der Waals surface area contributed by atoms with Crippen LogP contribution in [0.25, 0.3) is 0 Å². The maximum Gasteiger partial charge on any atom is 0.130 e. The Labute approximate surface area is 112 Å². The van der Waals surface area contributed by atoms with E-state index in [2.05, 4.69) is 27.7 Å². The topological polar surface area (TPSA) is 17.1 Å². The summed E-state index contributed by atoms with van der Waals surface area (Å²) in [5, 5.41) is 0. The van der Waals surface area contributed by atoms with E-state index in [1.165, 1.54) is 32.1 Å². The first-order chi connectivity index (χ1) is 8.26. The van der Waals surface area contributed by atoms with Crippen molar-refractivity contribution in [2.45, 2.75) is 73.1 Å². The monoisotopic (exact) mass is 248 g/mol. The van der Waals surface area contributed by atoms with E-state index in [9.17, 15) is 4.79 Å². The summed E-state index contributed by atoms with van der Waals surface area (Å²) in [7, 11) is 0. The van der Waals surface area contributed by atoms with Crippen molar-refractivity contribution in [1.29, 1.82) is 0 Å². The second-order valence-corrected chi connectivity index (χ2v) is 7.51. The summed E-state index contributed by atoms with van der Waals surface area (Å²) in [6.45, 7) is 11.2. The van der Waals surface area contributed by atoms with Crippen LogP contribution < -0.4 is 0 Å². The molecule has 0 aliphatic heterocycles. The maximum atomic E-state index is 11.6. The maximum absolute atomic E-state index is 11.6. The van der Waals surface area contributed by atoms with Crippen molar-refractivity contribution in [3.8, 4) is 0 Å². The lowest BCUT2D eigenvalue weighted by atomic mass is 9.55. The number of hydrogen-bond donors (Lipinski definition) is 0. The lowest BCUT2D eigenvalue weighted by Gasteiger charge is -2.49. The van der Waals surface area contributed by atoms with Gasteiger partial charge in [-0.1, -0.05) is 38.8 Å². The van der Waals surface area contributed by atoms with Crippen molar-refractivity contribution >= 4 is 5.78 Å². The number of carbonyl (C=O) groups excluding carboxylic acids is 1. The Bertz CT molecular complexity index is 388. The zero-order valence-electron chi connectivity index (χ0n) is 12.7. The van der Waals surface area contributed by atoms with Crippen molar-refractivity contribution in [1.82, 2.24) is 0 Å². The molecule has 0 aromatic heterocycles. The van der Waals surface area contributed by atoms with Crippen LogP contribution >= 0.6 is 0 Å². The van der Waals surface area contributed by atoms with Gasteiger partial charge in [0.1, 0.15) is 5.78 Å². The second-order valence-electron chi connectivity index (χ2n) is 7.51. The molecule has 0 unspecified atom stereocenters. The molecular formula is C17H28O. The molecule has 0 amide bonds. The fraction of sp³-hybridized carbons (Fsp3) is 0.824. The molecule has 102 valence electrons. The van der Waals surface area contributed by atoms with Gasteiger partial charge in [0.2, 0.25) is 0 Å². The summed E-state index contributed by atoms with van der Waals surface area (Å²) in [5.74, 6) is 0.919. The molecule has 2 atom stereocenters. The lowest BCUT2D eigenvalue weighted by molar-refractivity contribution is -0.120. The minimum Gasteiger partial charge on any atom is -0.300 e. The standard InChI is InChI=1S/C17H28O/c1-12(18)11-17(5)10-8-14-7-6-9-16(3,4)15(14)13(17)2/h13H,6-11H2,1-5H3/t13-,17-/m1/s1. The number of carbonyl (C=O) groups is 1. The Morgan fingerprint density at radius 3 is 2.50 bits per heavy atom. The Hall–Kier alpha value is -0.590. The molecule has 0 heterocycles. The predicted octanol–water partition coefficient (Wildman–Crippen LogP) is 4.91. The lowest BCUT2D eigenvalue weighted by Crippen LogP contribution is -2.39. The average Bonchev–Trinajstić information content (AvgIpc) is 2.22. The number of ketones is 1. The molecule has 2 aliphatic carbocycles. The van der Waals surface area contributed by atoms with Crippen molar-refractivity contribution in [2.75, 3.05) is 0 Å². The fourth-order valence-electron chi connectivity index (χ4n) is 4.46. The molecule has 18 heavy (non-hydrogen) atoms. The van der Waals surface area contributed by atoms with Gasteiger partial charge in [0.15, 0.2) is 0 Å². The molecular weight excluding hydrogens is 220 g/mol. The number of hydrogen-bond acceptors (Lipinski definition) is 1. The smallest absolute Gasteiger partial charge is 0.130 e. The van der Waals surface area contributed by atoms with Crippen LogP contribution in [0.2, 0.25) is 0 Å². The van der Waals surface area contributed by atoms with Crippen LogP contribution in [0.1, 0.15) is 73.1 Å². The van der Waals surface area contributed by atoms with Gasteiger partial charge in [-0.05, 0) is 55.8 Å². The Morgan fingerprint density at radius 2 is 1.89 bits per heavy atom. The van der Waals surface area contributed by atoms with Gasteiger partial charge in [0.05, 0.1) is 0 Å². The highest BCUT2D eigenvalue weighted by atomic mass is 16.1. The van der Waals surface area contributed by atoms with Gasteiger partial charge in [0.25, 0.3) is 0 Å². The van der Waals surface area contributed by atoms with Crippen LogP contribution in [0.4, 0.5) is 0 Å². The van der Waals surface area contributed by atoms with Crippen LogP contribution in [-0.2, 0) is 4.79 Å². The summed E-state index contributed by atoms with van der Waals surface area (Å²) in [6.07, 6.45) is 7.14. The molecule has 0 N–H and O–H groups in total. The molecule has 1 heteroatoms. The summed E-state index contributed by atoms with van der Waals surface area (Å²) in [6, 6.07) is 0. The van der Waals surface area contributed by atoms with Crippen molar-refractivity contribution < 1.29 is 4.79 Å². The first-order valence-electron chi connectivity index (χ1n) is 7.48. The van der Waals surface area contributed by atoms with E-state index < -0.39 is 0 Å². The number of rotatable bonds is 2. The molecule has 2 rings (SSSR count). The van der Waals surface area contributed by atoms with Crippen LogP contribution in [0, 0.1) is 16.7 Å². The van der Waals surface area contributed by atoms with E-state index in [0.717, 1.165) is 6.42 Å². The third kappa shape index (κ3) is 2.29. The van der Waals surface area contributed by atoms with Gasteiger partial charge in [-0.15, -0.1) is 0 Å². The van der Waals surface area contributed by atoms with E-state index in [4.69, 9.17) is 0 Å². The largest absolute Gasteiger partial charge is 0.300 e. The highest BCUT2D eigenvalue weighted by Crippen LogP contribution is 2.55. The van der Waals surface area contributed by atoms with Gasteiger partial charge in [0, 0.05) is 6.42 Å². The van der Waals surface area contributed by atoms with Crippen LogP contribution in [0.15, 0.2) is 11.1 Å². The van der Waals surface area contributed by atoms with E-state index in [-0.39, 0.29) is 5.41 Å². The van der Waals surface area contributed by atoms with Crippen molar-refractivity contribution in [3.05, 3.63) is 11.1 Å². The van der Waals surface area contributed by atoms with Gasteiger partial charge >= 0.3 is 0 Å². The molecule has 2 aliphatic rings. The van der Waals surface area contributed by atoms with Crippen LogP contribution in [-0.4, -0.2) is 5.78 Å². The quantitative estimate of drug-likeness (QED) is 0.635. The van der Waals surface area contributed by atoms with Crippen molar-refractivity contribution in [3.63, 3.8) is 0 Å². The highest BCUT2D eigenvalue weighted by molar-refractivity contribution is 5.76. The minimum atomic E-state index is 0.194. The van der Waals surface area contributed by atoms with E-state index >= 15 is 0 Å². The number of Topliss-reactive ketones (excluding diaryl/α,β-unsaturated/α-hetero) is 1. The Morgan fingerprint density at radius 1 is 1.22 bits per heavy atom. The van der Waals surface area contributed by atoms with Gasteiger partial charge in [-0.3, -0.25) is 0 Å². The third-order valence-electron chi connectivity index (χ3n) is 5.52.